The van der Waals surface area contributed by atoms with E-state index in [9.17, 15) is 9.59 Å². The number of aromatic nitrogens is 2. The molecule has 0 radical (unpaired) electrons. The summed E-state index contributed by atoms with van der Waals surface area (Å²) in [6.45, 7) is 9.48. The first kappa shape index (κ1) is 22.6. The summed E-state index contributed by atoms with van der Waals surface area (Å²) >= 11 is 6.12. The summed E-state index contributed by atoms with van der Waals surface area (Å²) < 4.78 is 1.83. The lowest BCUT2D eigenvalue weighted by Gasteiger charge is -2.36. The van der Waals surface area contributed by atoms with Crippen LogP contribution in [0.2, 0.25) is 5.02 Å². The normalized spacial score (nSPS) is 17.9. The molecule has 1 aromatic carbocycles. The Morgan fingerprint density at radius 1 is 1.19 bits per heavy atom. The topological polar surface area (TPSA) is 73.7 Å². The number of hydrogen-bond acceptors (Lipinski definition) is 5. The van der Waals surface area contributed by atoms with Gasteiger partial charge >= 0.3 is 0 Å². The van der Waals surface area contributed by atoms with Crippen molar-refractivity contribution in [2.75, 3.05) is 49.1 Å². The fraction of sp³-hybridized carbons (Fsp3) is 0.522. The van der Waals surface area contributed by atoms with Crippen LogP contribution in [-0.4, -0.2) is 71.8 Å². The number of nitrogens with zero attached hydrogens (tertiary/aromatic N) is 5. The molecule has 2 amide bonds. The molecule has 2 aliphatic rings. The van der Waals surface area contributed by atoms with E-state index in [0.717, 1.165) is 54.9 Å². The Hall–Kier alpha value is -2.58. The molecule has 1 N–H and O–H groups in total. The minimum absolute atomic E-state index is 0.0171. The van der Waals surface area contributed by atoms with Crippen LogP contribution in [0.4, 0.5) is 11.5 Å². The Morgan fingerprint density at radius 2 is 1.97 bits per heavy atom. The maximum absolute atomic E-state index is 13.0. The van der Waals surface area contributed by atoms with E-state index in [1.54, 1.807) is 4.90 Å². The maximum atomic E-state index is 13.0. The number of aryl methyl sites for hydroxylation is 2. The highest BCUT2D eigenvalue weighted by Crippen LogP contribution is 2.26. The van der Waals surface area contributed by atoms with E-state index in [1.807, 2.05) is 42.8 Å². The molecule has 2 aliphatic heterocycles. The number of piperazine rings is 1. The van der Waals surface area contributed by atoms with Crippen molar-refractivity contribution in [3.8, 4) is 0 Å². The van der Waals surface area contributed by atoms with Crippen LogP contribution in [0.15, 0.2) is 30.3 Å². The number of nitrogens with one attached hydrogen (secondary N) is 1. The van der Waals surface area contributed by atoms with Gasteiger partial charge in [-0.15, -0.1) is 0 Å². The molecule has 8 nitrogen and oxygen atoms in total. The van der Waals surface area contributed by atoms with Crippen molar-refractivity contribution in [3.05, 3.63) is 41.0 Å². The number of halogens is 1. The van der Waals surface area contributed by atoms with Gasteiger partial charge < -0.3 is 10.2 Å². The van der Waals surface area contributed by atoms with E-state index < -0.39 is 6.04 Å². The van der Waals surface area contributed by atoms with Gasteiger partial charge in [0.1, 0.15) is 11.9 Å². The second-order valence-electron chi connectivity index (χ2n) is 8.40. The number of carbonyl (C=O) groups excluding carboxylic acids is 2. The summed E-state index contributed by atoms with van der Waals surface area (Å²) in [6, 6.07) is 9.31. The van der Waals surface area contributed by atoms with Crippen molar-refractivity contribution in [1.29, 1.82) is 0 Å². The number of anilines is 2. The van der Waals surface area contributed by atoms with Crippen LogP contribution in [0.3, 0.4) is 0 Å². The van der Waals surface area contributed by atoms with Crippen molar-refractivity contribution < 1.29 is 9.59 Å². The number of rotatable bonds is 7. The summed E-state index contributed by atoms with van der Waals surface area (Å²) in [5, 5.41) is 8.25. The number of fused-ring (bicyclic) bond motifs is 1. The molecule has 0 unspecified atom stereocenters. The van der Waals surface area contributed by atoms with Crippen LogP contribution in [0.25, 0.3) is 0 Å². The molecule has 3 heterocycles. The molecule has 2 aromatic rings. The minimum atomic E-state index is -0.516. The average Bonchev–Trinajstić information content (AvgIpc) is 3.16. The van der Waals surface area contributed by atoms with Crippen LogP contribution in [0, 0.1) is 6.92 Å². The summed E-state index contributed by atoms with van der Waals surface area (Å²) in [7, 11) is 0. The Kier molecular flexibility index (Phi) is 7.01. The fourth-order valence-electron chi connectivity index (χ4n) is 4.52. The molecule has 1 aromatic heterocycles. The van der Waals surface area contributed by atoms with E-state index >= 15 is 0 Å². The highest BCUT2D eigenvalue weighted by molar-refractivity contribution is 6.30. The van der Waals surface area contributed by atoms with Crippen molar-refractivity contribution in [3.63, 3.8) is 0 Å². The molecule has 172 valence electrons. The van der Waals surface area contributed by atoms with Gasteiger partial charge in [0, 0.05) is 62.5 Å². The number of amides is 2. The van der Waals surface area contributed by atoms with E-state index in [0.29, 0.717) is 25.9 Å². The molecule has 32 heavy (non-hydrogen) atoms. The molecule has 0 saturated carbocycles. The molecule has 0 spiro atoms. The van der Waals surface area contributed by atoms with Crippen LogP contribution in [0.1, 0.15) is 25.5 Å². The SMILES string of the molecule is CC[C@@H](C(=O)NCCN1CCN(c2cccc(Cl)c2)CC1)N1C(=O)CCn2nc(C)cc21. The monoisotopic (exact) mass is 458 g/mol. The molecular formula is C23H31ClN6O2. The Bertz CT molecular complexity index is 969. The first-order valence-corrected chi connectivity index (χ1v) is 11.7. The first-order chi connectivity index (χ1) is 15.5. The summed E-state index contributed by atoms with van der Waals surface area (Å²) in [6.07, 6.45) is 0.926. The summed E-state index contributed by atoms with van der Waals surface area (Å²) in [5.41, 5.74) is 2.00. The van der Waals surface area contributed by atoms with Gasteiger partial charge in [-0.3, -0.25) is 19.4 Å². The molecule has 0 bridgehead atoms. The van der Waals surface area contributed by atoms with Crippen molar-refractivity contribution >= 4 is 34.9 Å². The van der Waals surface area contributed by atoms with Crippen LogP contribution in [-0.2, 0) is 16.1 Å². The molecule has 9 heteroatoms. The lowest BCUT2D eigenvalue weighted by atomic mass is 10.1. The third-order valence-electron chi connectivity index (χ3n) is 6.21. The van der Waals surface area contributed by atoms with Crippen LogP contribution >= 0.6 is 11.6 Å². The summed E-state index contributed by atoms with van der Waals surface area (Å²) in [4.78, 5) is 31.9. The van der Waals surface area contributed by atoms with Gasteiger partial charge in [-0.1, -0.05) is 24.6 Å². The molecule has 0 aliphatic carbocycles. The van der Waals surface area contributed by atoms with Crippen molar-refractivity contribution in [2.45, 2.75) is 39.3 Å². The van der Waals surface area contributed by atoms with E-state index in [1.165, 1.54) is 0 Å². The zero-order valence-corrected chi connectivity index (χ0v) is 19.5. The van der Waals surface area contributed by atoms with Crippen LogP contribution in [0.5, 0.6) is 0 Å². The third kappa shape index (κ3) is 4.91. The largest absolute Gasteiger partial charge is 0.369 e. The molecular weight excluding hydrogens is 428 g/mol. The second kappa shape index (κ2) is 9.92. The average molecular weight is 459 g/mol. The van der Waals surface area contributed by atoms with Gasteiger partial charge in [-0.2, -0.15) is 5.10 Å². The number of carbonyl (C=O) groups is 2. The summed E-state index contributed by atoms with van der Waals surface area (Å²) in [5.74, 6) is 0.597. The Morgan fingerprint density at radius 3 is 2.69 bits per heavy atom. The van der Waals surface area contributed by atoms with Gasteiger partial charge in [0.25, 0.3) is 0 Å². The highest BCUT2D eigenvalue weighted by atomic mass is 35.5. The van der Waals surface area contributed by atoms with Gasteiger partial charge in [-0.05, 0) is 31.5 Å². The molecule has 1 saturated heterocycles. The van der Waals surface area contributed by atoms with Gasteiger partial charge in [0.05, 0.1) is 12.2 Å². The number of hydrogen-bond donors (Lipinski definition) is 1. The highest BCUT2D eigenvalue weighted by Gasteiger charge is 2.34. The standard InChI is InChI=1S/C23H31ClN6O2/c1-3-20(30-21-15-17(2)26-29(21)9-7-22(30)31)23(32)25-8-10-27-11-13-28(14-12-27)19-6-4-5-18(24)16-19/h4-6,15-16,20H,3,7-14H2,1-2H3,(H,25,32)/t20-/m0/s1. The predicted molar refractivity (Wildman–Crippen MR) is 126 cm³/mol. The fourth-order valence-corrected chi connectivity index (χ4v) is 4.70. The second-order valence-corrected chi connectivity index (χ2v) is 8.84. The zero-order chi connectivity index (χ0) is 22.7. The Labute approximate surface area is 194 Å². The lowest BCUT2D eigenvalue weighted by Crippen LogP contribution is -2.53. The number of benzene rings is 1. The van der Waals surface area contributed by atoms with Crippen molar-refractivity contribution in [2.24, 2.45) is 0 Å². The smallest absolute Gasteiger partial charge is 0.243 e. The maximum Gasteiger partial charge on any atom is 0.243 e. The Balaban J connectivity index is 1.28. The van der Waals surface area contributed by atoms with E-state index in [-0.39, 0.29) is 11.8 Å². The van der Waals surface area contributed by atoms with E-state index in [4.69, 9.17) is 11.6 Å². The van der Waals surface area contributed by atoms with Crippen molar-refractivity contribution in [1.82, 2.24) is 20.0 Å². The van der Waals surface area contributed by atoms with E-state index in [2.05, 4.69) is 26.3 Å². The molecule has 1 fully saturated rings. The lowest BCUT2D eigenvalue weighted by molar-refractivity contribution is -0.127. The van der Waals surface area contributed by atoms with Gasteiger partial charge in [0.2, 0.25) is 11.8 Å². The minimum Gasteiger partial charge on any atom is -0.369 e. The predicted octanol–water partition coefficient (Wildman–Crippen LogP) is 2.30. The van der Waals surface area contributed by atoms with Gasteiger partial charge in [0.15, 0.2) is 0 Å². The molecule has 1 atom stereocenters. The van der Waals surface area contributed by atoms with Crippen LogP contribution < -0.4 is 15.1 Å². The van der Waals surface area contributed by atoms with Gasteiger partial charge in [-0.25, -0.2) is 4.68 Å². The first-order valence-electron chi connectivity index (χ1n) is 11.3. The molecule has 4 rings (SSSR count). The quantitative estimate of drug-likeness (QED) is 0.689. The third-order valence-corrected chi connectivity index (χ3v) is 6.44. The zero-order valence-electron chi connectivity index (χ0n) is 18.8.